The molecule has 0 radical (unpaired) electrons. The summed E-state index contributed by atoms with van der Waals surface area (Å²) in [5, 5.41) is 1.33. The van der Waals surface area contributed by atoms with Gasteiger partial charge in [0.25, 0.3) is 0 Å². The monoisotopic (exact) mass is 286 g/mol. The molecule has 0 unspecified atom stereocenters. The van der Waals surface area contributed by atoms with Crippen LogP contribution < -0.4 is 0 Å². The molecule has 4 nitrogen and oxygen atoms in total. The van der Waals surface area contributed by atoms with E-state index in [4.69, 9.17) is 9.47 Å². The summed E-state index contributed by atoms with van der Waals surface area (Å²) < 4.78 is 11.4. The highest BCUT2D eigenvalue weighted by Gasteiger charge is 2.52. The lowest BCUT2D eigenvalue weighted by atomic mass is 9.81. The molecule has 2 saturated heterocycles. The normalized spacial score (nSPS) is 24.7. The summed E-state index contributed by atoms with van der Waals surface area (Å²) in [5.41, 5.74) is 2.67. The number of fused-ring (bicyclic) bond motifs is 1. The van der Waals surface area contributed by atoms with Gasteiger partial charge in [0.2, 0.25) is 0 Å². The standard InChI is InChI=1S/C17H22N2O2/c1-20-10-14-6-8-21-17(14)11-19(12-17)9-13-3-2-4-16-15(13)5-7-18-16/h2-5,7,14,18H,6,8-12H2,1H3/t14-/m1/s1. The van der Waals surface area contributed by atoms with Gasteiger partial charge in [0.1, 0.15) is 0 Å². The Balaban J connectivity index is 1.45. The summed E-state index contributed by atoms with van der Waals surface area (Å²) in [6.45, 7) is 4.76. The summed E-state index contributed by atoms with van der Waals surface area (Å²) in [4.78, 5) is 5.76. The van der Waals surface area contributed by atoms with E-state index in [1.165, 1.54) is 16.5 Å². The Bertz CT molecular complexity index is 631. The van der Waals surface area contributed by atoms with Gasteiger partial charge in [-0.3, -0.25) is 4.90 Å². The molecule has 0 aliphatic carbocycles. The molecule has 0 saturated carbocycles. The second-order valence-electron chi connectivity index (χ2n) is 6.36. The summed E-state index contributed by atoms with van der Waals surface area (Å²) in [7, 11) is 1.79. The van der Waals surface area contributed by atoms with Gasteiger partial charge in [-0.05, 0) is 24.1 Å². The summed E-state index contributed by atoms with van der Waals surface area (Å²) in [6.07, 6.45) is 3.15. The van der Waals surface area contributed by atoms with Gasteiger partial charge in [0, 0.05) is 56.4 Å². The molecule has 112 valence electrons. The van der Waals surface area contributed by atoms with Crippen molar-refractivity contribution in [2.75, 3.05) is 33.4 Å². The number of methoxy groups -OCH3 is 1. The van der Waals surface area contributed by atoms with Crippen LogP contribution in [0.2, 0.25) is 0 Å². The van der Waals surface area contributed by atoms with Crippen LogP contribution in [0, 0.1) is 5.92 Å². The highest BCUT2D eigenvalue weighted by Crippen LogP contribution is 2.40. The predicted octanol–water partition coefficient (Wildman–Crippen LogP) is 2.41. The number of aromatic amines is 1. The molecule has 4 rings (SSSR count). The number of H-pyrrole nitrogens is 1. The van der Waals surface area contributed by atoms with Gasteiger partial charge in [0.15, 0.2) is 0 Å². The maximum Gasteiger partial charge on any atom is 0.0985 e. The minimum atomic E-state index is 0.0576. The molecule has 2 aliphatic rings. The molecule has 1 spiro atoms. The van der Waals surface area contributed by atoms with Crippen molar-refractivity contribution in [1.82, 2.24) is 9.88 Å². The van der Waals surface area contributed by atoms with Crippen LogP contribution in [-0.2, 0) is 16.0 Å². The van der Waals surface area contributed by atoms with Gasteiger partial charge >= 0.3 is 0 Å². The first-order chi connectivity index (χ1) is 10.3. The molecule has 2 aliphatic heterocycles. The molecule has 2 aromatic rings. The van der Waals surface area contributed by atoms with Crippen molar-refractivity contribution in [3.8, 4) is 0 Å². The molecule has 4 heteroatoms. The fraction of sp³-hybridized carbons (Fsp3) is 0.529. The third-order valence-electron chi connectivity index (χ3n) is 5.03. The molecule has 1 aromatic carbocycles. The van der Waals surface area contributed by atoms with E-state index in [1.807, 2.05) is 6.20 Å². The first-order valence-corrected chi connectivity index (χ1v) is 7.71. The van der Waals surface area contributed by atoms with Gasteiger partial charge in [-0.25, -0.2) is 0 Å². The van der Waals surface area contributed by atoms with Gasteiger partial charge < -0.3 is 14.5 Å². The van der Waals surface area contributed by atoms with Crippen molar-refractivity contribution in [3.05, 3.63) is 36.0 Å². The fourth-order valence-corrected chi connectivity index (χ4v) is 3.92. The Morgan fingerprint density at radius 2 is 2.29 bits per heavy atom. The molecular formula is C17H22N2O2. The maximum atomic E-state index is 6.05. The highest BCUT2D eigenvalue weighted by molar-refractivity contribution is 5.82. The smallest absolute Gasteiger partial charge is 0.0985 e. The SMILES string of the molecule is COC[C@H]1CCOC12CN(Cc1cccc3[nH]ccc13)C2. The molecule has 21 heavy (non-hydrogen) atoms. The van der Waals surface area contributed by atoms with Crippen molar-refractivity contribution in [2.24, 2.45) is 5.92 Å². The van der Waals surface area contributed by atoms with E-state index in [9.17, 15) is 0 Å². The Morgan fingerprint density at radius 1 is 1.38 bits per heavy atom. The number of nitrogens with zero attached hydrogens (tertiary/aromatic N) is 1. The van der Waals surface area contributed by atoms with Crippen molar-refractivity contribution in [2.45, 2.75) is 18.6 Å². The number of rotatable bonds is 4. The fourth-order valence-electron chi connectivity index (χ4n) is 3.92. The zero-order chi connectivity index (χ0) is 14.3. The minimum Gasteiger partial charge on any atom is -0.384 e. The molecule has 0 bridgehead atoms. The molecular weight excluding hydrogens is 264 g/mol. The number of benzene rings is 1. The third kappa shape index (κ3) is 2.18. The van der Waals surface area contributed by atoms with E-state index < -0.39 is 0 Å². The molecule has 3 heterocycles. The summed E-state index contributed by atoms with van der Waals surface area (Å²) in [5.74, 6) is 0.557. The van der Waals surface area contributed by atoms with Crippen LogP contribution in [0.15, 0.2) is 30.5 Å². The predicted molar refractivity (Wildman–Crippen MR) is 82.2 cm³/mol. The second-order valence-corrected chi connectivity index (χ2v) is 6.36. The van der Waals surface area contributed by atoms with E-state index in [2.05, 4.69) is 34.1 Å². The van der Waals surface area contributed by atoms with E-state index >= 15 is 0 Å². The van der Waals surface area contributed by atoms with Crippen molar-refractivity contribution in [3.63, 3.8) is 0 Å². The average molecular weight is 286 g/mol. The van der Waals surface area contributed by atoms with Crippen molar-refractivity contribution >= 4 is 10.9 Å². The number of hydrogen-bond donors (Lipinski definition) is 1. The lowest BCUT2D eigenvalue weighted by molar-refractivity contribution is -0.143. The van der Waals surface area contributed by atoms with Crippen LogP contribution in [0.4, 0.5) is 0 Å². The van der Waals surface area contributed by atoms with Crippen LogP contribution in [0.1, 0.15) is 12.0 Å². The van der Waals surface area contributed by atoms with Crippen LogP contribution in [0.25, 0.3) is 10.9 Å². The highest BCUT2D eigenvalue weighted by atomic mass is 16.5. The van der Waals surface area contributed by atoms with E-state index in [-0.39, 0.29) is 5.60 Å². The van der Waals surface area contributed by atoms with Gasteiger partial charge in [-0.15, -0.1) is 0 Å². The van der Waals surface area contributed by atoms with Gasteiger partial charge in [-0.2, -0.15) is 0 Å². The van der Waals surface area contributed by atoms with Crippen molar-refractivity contribution < 1.29 is 9.47 Å². The largest absolute Gasteiger partial charge is 0.384 e. The number of likely N-dealkylation sites (tertiary alicyclic amines) is 1. The first kappa shape index (κ1) is 13.3. The van der Waals surface area contributed by atoms with Crippen LogP contribution >= 0.6 is 0 Å². The molecule has 1 atom stereocenters. The minimum absolute atomic E-state index is 0.0576. The average Bonchev–Trinajstić information content (AvgIpc) is 3.06. The third-order valence-corrected chi connectivity index (χ3v) is 5.03. The first-order valence-electron chi connectivity index (χ1n) is 7.71. The number of nitrogens with one attached hydrogen (secondary N) is 1. The number of hydrogen-bond acceptors (Lipinski definition) is 3. The molecule has 1 N–H and O–H groups in total. The van der Waals surface area contributed by atoms with Gasteiger partial charge in [0.05, 0.1) is 12.2 Å². The summed E-state index contributed by atoms with van der Waals surface area (Å²) >= 11 is 0. The lowest BCUT2D eigenvalue weighted by Gasteiger charge is -2.50. The lowest BCUT2D eigenvalue weighted by Crippen LogP contribution is -2.64. The van der Waals surface area contributed by atoms with E-state index in [0.717, 1.165) is 39.3 Å². The van der Waals surface area contributed by atoms with Crippen molar-refractivity contribution in [1.29, 1.82) is 0 Å². The Kier molecular flexibility index (Phi) is 3.25. The zero-order valence-corrected chi connectivity index (χ0v) is 12.5. The number of ether oxygens (including phenoxy) is 2. The summed E-state index contributed by atoms with van der Waals surface area (Å²) in [6, 6.07) is 8.65. The van der Waals surface area contributed by atoms with Crippen LogP contribution in [-0.4, -0.2) is 48.9 Å². The molecule has 2 fully saturated rings. The number of aromatic nitrogens is 1. The zero-order valence-electron chi connectivity index (χ0n) is 12.5. The molecule has 1 aromatic heterocycles. The molecule has 0 amide bonds. The Morgan fingerprint density at radius 3 is 3.14 bits per heavy atom. The van der Waals surface area contributed by atoms with Gasteiger partial charge in [-0.1, -0.05) is 12.1 Å². The van der Waals surface area contributed by atoms with E-state index in [0.29, 0.717) is 5.92 Å². The quantitative estimate of drug-likeness (QED) is 0.938. The van der Waals surface area contributed by atoms with Crippen LogP contribution in [0.5, 0.6) is 0 Å². The maximum absolute atomic E-state index is 6.05. The Labute approximate surface area is 125 Å². The topological polar surface area (TPSA) is 37.5 Å². The second kappa shape index (κ2) is 5.13. The van der Waals surface area contributed by atoms with Crippen LogP contribution in [0.3, 0.4) is 0 Å². The Hall–Kier alpha value is -1.36. The van der Waals surface area contributed by atoms with E-state index in [1.54, 1.807) is 7.11 Å².